The molecule has 0 unspecified atom stereocenters. The highest BCUT2D eigenvalue weighted by Crippen LogP contribution is 2.22. The Labute approximate surface area is 145 Å². The molecule has 0 aliphatic carbocycles. The van der Waals surface area contributed by atoms with E-state index in [0.29, 0.717) is 0 Å². The Hall–Kier alpha value is 0.0569. The third-order valence-corrected chi connectivity index (χ3v) is 6.79. The highest BCUT2D eigenvalue weighted by Gasteiger charge is 2.40. The molecule has 0 radical (unpaired) electrons. The maximum atomic E-state index is 6.24. The first-order valence-electron chi connectivity index (χ1n) is 9.86. The van der Waals surface area contributed by atoms with Gasteiger partial charge in [-0.05, 0) is 38.6 Å². The summed E-state index contributed by atoms with van der Waals surface area (Å²) in [5.74, 6) is 0. The molecular formula is C18H41NO3Si. The summed E-state index contributed by atoms with van der Waals surface area (Å²) in [4.78, 5) is 0. The first-order chi connectivity index (χ1) is 11.2. The van der Waals surface area contributed by atoms with Crippen LogP contribution in [0.3, 0.4) is 0 Å². The number of hydrogen-bond donors (Lipinski definition) is 1. The van der Waals surface area contributed by atoms with Crippen LogP contribution in [0.5, 0.6) is 0 Å². The van der Waals surface area contributed by atoms with Gasteiger partial charge in [-0.2, -0.15) is 0 Å². The maximum absolute atomic E-state index is 6.24. The van der Waals surface area contributed by atoms with Crippen molar-refractivity contribution >= 4 is 8.80 Å². The van der Waals surface area contributed by atoms with Crippen molar-refractivity contribution in [1.29, 1.82) is 0 Å². The van der Waals surface area contributed by atoms with E-state index in [1.54, 1.807) is 0 Å². The third-order valence-electron chi connectivity index (χ3n) is 3.90. The van der Waals surface area contributed by atoms with Crippen LogP contribution < -0.4 is 5.73 Å². The lowest BCUT2D eigenvalue weighted by Gasteiger charge is -2.30. The van der Waals surface area contributed by atoms with Gasteiger partial charge in [-0.25, -0.2) is 0 Å². The zero-order valence-electron chi connectivity index (χ0n) is 15.9. The Morgan fingerprint density at radius 2 is 1.04 bits per heavy atom. The van der Waals surface area contributed by atoms with Crippen molar-refractivity contribution in [1.82, 2.24) is 0 Å². The van der Waals surface area contributed by atoms with Crippen molar-refractivity contribution < 1.29 is 13.3 Å². The summed E-state index contributed by atoms with van der Waals surface area (Å²) in [6.45, 7) is 9.66. The van der Waals surface area contributed by atoms with Crippen LogP contribution in [0.25, 0.3) is 0 Å². The van der Waals surface area contributed by atoms with Crippen LogP contribution >= 0.6 is 0 Å². The monoisotopic (exact) mass is 347 g/mol. The predicted molar refractivity (Wildman–Crippen MR) is 101 cm³/mol. The SMILES string of the molecule is CCCCO[Si](CCCCCCN)(OCCCC)OCCCC. The number of unbranched alkanes of at least 4 members (excludes halogenated alkanes) is 6. The Bertz CT molecular complexity index is 216. The van der Waals surface area contributed by atoms with E-state index in [2.05, 4.69) is 20.8 Å². The highest BCUT2D eigenvalue weighted by atomic mass is 28.4. The van der Waals surface area contributed by atoms with Gasteiger partial charge in [-0.1, -0.05) is 52.9 Å². The van der Waals surface area contributed by atoms with Crippen LogP contribution in [0.2, 0.25) is 6.04 Å². The van der Waals surface area contributed by atoms with Gasteiger partial charge >= 0.3 is 8.80 Å². The van der Waals surface area contributed by atoms with Gasteiger partial charge in [0, 0.05) is 25.9 Å². The summed E-state index contributed by atoms with van der Waals surface area (Å²) in [5, 5.41) is 0. The fourth-order valence-electron chi connectivity index (χ4n) is 2.30. The Kier molecular flexibility index (Phi) is 16.9. The van der Waals surface area contributed by atoms with E-state index in [-0.39, 0.29) is 0 Å². The first-order valence-corrected chi connectivity index (χ1v) is 11.8. The van der Waals surface area contributed by atoms with Crippen LogP contribution in [0.15, 0.2) is 0 Å². The molecule has 2 N–H and O–H groups in total. The van der Waals surface area contributed by atoms with Crippen molar-refractivity contribution in [3.8, 4) is 0 Å². The lowest BCUT2D eigenvalue weighted by molar-refractivity contribution is 0.0557. The average molecular weight is 348 g/mol. The molecule has 0 fully saturated rings. The van der Waals surface area contributed by atoms with E-state index >= 15 is 0 Å². The third kappa shape index (κ3) is 13.1. The second-order valence-corrected chi connectivity index (χ2v) is 8.97. The number of hydrogen-bond acceptors (Lipinski definition) is 4. The molecule has 0 bridgehead atoms. The summed E-state index contributed by atoms with van der Waals surface area (Å²) in [7, 11) is -2.50. The summed E-state index contributed by atoms with van der Waals surface area (Å²) in [6.07, 6.45) is 11.3. The molecule has 0 aromatic carbocycles. The molecule has 4 nitrogen and oxygen atoms in total. The smallest absolute Gasteiger partial charge is 0.373 e. The van der Waals surface area contributed by atoms with E-state index in [0.717, 1.165) is 83.8 Å². The van der Waals surface area contributed by atoms with E-state index in [1.807, 2.05) is 0 Å². The van der Waals surface area contributed by atoms with Crippen LogP contribution in [-0.4, -0.2) is 35.2 Å². The van der Waals surface area contributed by atoms with Gasteiger partial charge in [-0.3, -0.25) is 0 Å². The molecule has 0 aromatic rings. The lowest BCUT2D eigenvalue weighted by atomic mass is 10.2. The predicted octanol–water partition coefficient (Wildman–Crippen LogP) is 4.89. The molecule has 0 saturated carbocycles. The number of nitrogens with two attached hydrogens (primary N) is 1. The number of rotatable bonds is 18. The summed E-state index contributed by atoms with van der Waals surface area (Å²) in [6, 6.07) is 0.953. The largest absolute Gasteiger partial charge is 0.500 e. The molecule has 23 heavy (non-hydrogen) atoms. The molecule has 0 atom stereocenters. The molecule has 0 rings (SSSR count). The maximum Gasteiger partial charge on any atom is 0.500 e. The molecule has 0 spiro atoms. The first kappa shape index (κ1) is 23.1. The summed E-state index contributed by atoms with van der Waals surface area (Å²) < 4.78 is 18.7. The molecule has 0 saturated heterocycles. The van der Waals surface area contributed by atoms with Gasteiger partial charge < -0.3 is 19.0 Å². The lowest BCUT2D eigenvalue weighted by Crippen LogP contribution is -2.46. The average Bonchev–Trinajstić information content (AvgIpc) is 2.55. The van der Waals surface area contributed by atoms with E-state index in [4.69, 9.17) is 19.0 Å². The van der Waals surface area contributed by atoms with Gasteiger partial charge in [0.25, 0.3) is 0 Å². The minimum Gasteiger partial charge on any atom is -0.373 e. The van der Waals surface area contributed by atoms with Crippen LogP contribution in [0, 0.1) is 0 Å². The summed E-state index contributed by atoms with van der Waals surface area (Å²) >= 11 is 0. The Balaban J connectivity index is 4.52. The molecule has 0 heterocycles. The van der Waals surface area contributed by atoms with Gasteiger partial charge in [0.15, 0.2) is 0 Å². The van der Waals surface area contributed by atoms with Gasteiger partial charge in [0.2, 0.25) is 0 Å². The molecule has 0 amide bonds. The molecule has 140 valence electrons. The standard InChI is InChI=1S/C18H41NO3Si/c1-4-7-15-20-23(21-16-8-5-2,22-17-9-6-3)18-13-11-10-12-14-19/h4-19H2,1-3H3. The topological polar surface area (TPSA) is 53.7 Å². The van der Waals surface area contributed by atoms with Gasteiger partial charge in [-0.15, -0.1) is 0 Å². The van der Waals surface area contributed by atoms with Crippen molar-refractivity contribution in [2.75, 3.05) is 26.4 Å². The summed E-state index contributed by atoms with van der Waals surface area (Å²) in [5.41, 5.74) is 5.57. The minimum atomic E-state index is -2.50. The second-order valence-electron chi connectivity index (χ2n) is 6.24. The van der Waals surface area contributed by atoms with Crippen molar-refractivity contribution in [2.45, 2.75) is 91.0 Å². The normalized spacial score (nSPS) is 12.0. The quantitative estimate of drug-likeness (QED) is 0.283. The highest BCUT2D eigenvalue weighted by molar-refractivity contribution is 6.60. The second kappa shape index (κ2) is 16.9. The van der Waals surface area contributed by atoms with Crippen molar-refractivity contribution in [3.63, 3.8) is 0 Å². The molecule has 0 aliphatic heterocycles. The molecule has 5 heteroatoms. The minimum absolute atomic E-state index is 0.768. The van der Waals surface area contributed by atoms with Crippen LogP contribution in [0.4, 0.5) is 0 Å². The van der Waals surface area contributed by atoms with Gasteiger partial charge in [0.05, 0.1) is 0 Å². The zero-order valence-corrected chi connectivity index (χ0v) is 16.9. The van der Waals surface area contributed by atoms with Gasteiger partial charge in [0.1, 0.15) is 0 Å². The van der Waals surface area contributed by atoms with Crippen molar-refractivity contribution in [3.05, 3.63) is 0 Å². The van der Waals surface area contributed by atoms with Crippen LogP contribution in [0.1, 0.15) is 85.0 Å². The Morgan fingerprint density at radius 3 is 1.43 bits per heavy atom. The van der Waals surface area contributed by atoms with E-state index in [1.165, 1.54) is 12.8 Å². The van der Waals surface area contributed by atoms with Crippen molar-refractivity contribution in [2.24, 2.45) is 5.73 Å². The molecular weight excluding hydrogens is 306 g/mol. The van der Waals surface area contributed by atoms with Crippen LogP contribution in [-0.2, 0) is 13.3 Å². The fraction of sp³-hybridized carbons (Fsp3) is 1.00. The fourth-order valence-corrected chi connectivity index (χ4v) is 5.03. The molecule has 0 aliphatic rings. The Morgan fingerprint density at radius 1 is 0.609 bits per heavy atom. The zero-order chi connectivity index (χ0) is 17.2. The molecule has 0 aromatic heterocycles. The van der Waals surface area contributed by atoms with E-state index < -0.39 is 8.80 Å². The van der Waals surface area contributed by atoms with E-state index in [9.17, 15) is 0 Å².